The van der Waals surface area contributed by atoms with Crippen molar-refractivity contribution in [3.8, 4) is 79.4 Å². The highest BCUT2D eigenvalue weighted by molar-refractivity contribution is 6.25. The summed E-state index contributed by atoms with van der Waals surface area (Å²) in [5, 5.41) is 133. The third kappa shape index (κ3) is 5.38. The van der Waals surface area contributed by atoms with Gasteiger partial charge in [0.15, 0.2) is 28.8 Å². The quantitative estimate of drug-likeness (QED) is 0.0187. The van der Waals surface area contributed by atoms with E-state index in [9.17, 15) is 66.1 Å². The topological polar surface area (TPSA) is 273 Å². The molecule has 0 fully saturated rings. The third-order valence-electron chi connectivity index (χ3n) is 10.5. The van der Waals surface area contributed by atoms with E-state index in [2.05, 4.69) is 0 Å². The van der Waals surface area contributed by atoms with E-state index in [1.165, 1.54) is 6.92 Å². The van der Waals surface area contributed by atoms with E-state index in [0.717, 1.165) is 6.92 Å². The number of aliphatic carboxylic acids is 1. The van der Waals surface area contributed by atoms with E-state index in [1.807, 2.05) is 0 Å². The van der Waals surface area contributed by atoms with Crippen LogP contribution >= 0.6 is 0 Å². The number of carboxylic acids is 1. The van der Waals surface area contributed by atoms with Crippen molar-refractivity contribution in [3.63, 3.8) is 0 Å². The van der Waals surface area contributed by atoms with E-state index >= 15 is 0 Å². The monoisotopic (exact) mass is 796 g/mol. The predicted octanol–water partition coefficient (Wildman–Crippen LogP) is 9.55. The Bertz CT molecular complexity index is 3130. The average Bonchev–Trinajstić information content (AvgIpc) is 3.61. The maximum absolute atomic E-state index is 11.8. The highest BCUT2D eigenvalue weighted by Gasteiger charge is 2.33. The summed E-state index contributed by atoms with van der Waals surface area (Å²) in [5.41, 5.74) is -0.701. The second-order valence-electron chi connectivity index (χ2n) is 13.8. The van der Waals surface area contributed by atoms with Gasteiger partial charge in [-0.25, -0.2) is 4.79 Å². The summed E-state index contributed by atoms with van der Waals surface area (Å²) < 4.78 is 6.29. The van der Waals surface area contributed by atoms with Crippen LogP contribution in [0.4, 0.5) is 0 Å². The average molecular weight is 797 g/mol. The summed E-state index contributed by atoms with van der Waals surface area (Å²) in [5.74, 6) is -13.3. The van der Waals surface area contributed by atoms with Crippen molar-refractivity contribution in [2.24, 2.45) is 0 Å². The van der Waals surface area contributed by atoms with Crippen molar-refractivity contribution < 1.29 is 70.5 Å². The number of aromatic hydroxyl groups is 8. The normalized spacial score (nSPS) is 12.6. The predicted molar refractivity (Wildman–Crippen MR) is 218 cm³/mol. The number of phenolic OH excluding ortho intramolecular Hbond substituents is 8. The van der Waals surface area contributed by atoms with Gasteiger partial charge in [0.1, 0.15) is 22.7 Å². The zero-order valence-electron chi connectivity index (χ0n) is 30.8. The molecule has 8 aromatic rings. The molecule has 0 amide bonds. The van der Waals surface area contributed by atoms with E-state index < -0.39 is 85.9 Å². The van der Waals surface area contributed by atoms with Crippen molar-refractivity contribution in [1.29, 1.82) is 0 Å². The van der Waals surface area contributed by atoms with Gasteiger partial charge >= 0.3 is 5.97 Å². The number of benzene rings is 7. The molecule has 14 heteroatoms. The van der Waals surface area contributed by atoms with Crippen LogP contribution in [0.3, 0.4) is 0 Å². The Labute approximate surface area is 331 Å². The fraction of sp³-hybridized carbons (Fsp3) is 0.0444. The Morgan fingerprint density at radius 2 is 0.966 bits per heavy atom. The summed E-state index contributed by atoms with van der Waals surface area (Å²) in [6.45, 7) is 2.28. The first-order valence-electron chi connectivity index (χ1n) is 17.7. The molecule has 0 bridgehead atoms. The molecule has 0 spiro atoms. The minimum Gasteiger partial charge on any atom is -0.512 e. The minimum absolute atomic E-state index is 0.0716. The SMILES string of the molecule is C/C(O)=C(\C(O)=C(\O)C(=O)O)c1c(O)c(C)c(O)c(O)c1-c1c2ccccc2c(-c2cc(-c3c(O)c(O)c(O)c(O)c3O)c3c(c2)oc2ccccc23)c2ccccc12. The van der Waals surface area contributed by atoms with Crippen LogP contribution in [0, 0.1) is 6.92 Å². The molecule has 0 atom stereocenters. The molecular formula is C45H32O14. The van der Waals surface area contributed by atoms with Crippen molar-refractivity contribution in [2.75, 3.05) is 0 Å². The number of hydrogen-bond donors (Lipinski definition) is 12. The summed E-state index contributed by atoms with van der Waals surface area (Å²) in [6, 6.07) is 23.6. The molecule has 0 radical (unpaired) electrons. The Morgan fingerprint density at radius 3 is 1.49 bits per heavy atom. The first kappa shape index (κ1) is 37.5. The van der Waals surface area contributed by atoms with Crippen LogP contribution in [0.5, 0.6) is 46.0 Å². The van der Waals surface area contributed by atoms with Crippen LogP contribution in [-0.2, 0) is 4.79 Å². The standard InChI is InChI=1S/C45H32O14/c1-17-35(47)33(28(18(2)46)37(49)44(56)45(57)58)34(40(52)36(17)48)31-22-11-5-3-9-20(22)29(21-10-4-6-12-23(21)31)19-15-25(32-38(50)41(53)43(55)42(54)39(32)51)30-24-13-7-8-14-26(24)59-27(30)16-19/h3-16,46-56H,1-2H3,(H,57,58)/b28-18+,44-37-. The Kier molecular flexibility index (Phi) is 8.51. The smallest absolute Gasteiger partial charge is 0.374 e. The molecule has 0 unspecified atom stereocenters. The Hall–Kier alpha value is -8.39. The van der Waals surface area contributed by atoms with Crippen molar-refractivity contribution in [3.05, 3.63) is 113 Å². The van der Waals surface area contributed by atoms with E-state index in [1.54, 1.807) is 84.9 Å². The lowest BCUT2D eigenvalue weighted by Crippen LogP contribution is -2.08. The number of carboxylic acid groups (broad SMARTS) is 1. The number of allylic oxidation sites excluding steroid dienone is 2. The zero-order valence-corrected chi connectivity index (χ0v) is 30.8. The molecule has 0 saturated carbocycles. The highest BCUT2D eigenvalue weighted by Crippen LogP contribution is 2.58. The number of aliphatic hydroxyl groups excluding tert-OH is 3. The number of rotatable bonds is 6. The lowest BCUT2D eigenvalue weighted by Gasteiger charge is -2.24. The Balaban J connectivity index is 1.57. The third-order valence-corrected chi connectivity index (χ3v) is 10.5. The van der Waals surface area contributed by atoms with E-state index in [4.69, 9.17) is 4.42 Å². The second kappa shape index (κ2) is 13.4. The summed E-state index contributed by atoms with van der Waals surface area (Å²) in [7, 11) is 0. The largest absolute Gasteiger partial charge is 0.512 e. The zero-order chi connectivity index (χ0) is 42.3. The number of aliphatic hydroxyl groups is 3. The van der Waals surface area contributed by atoms with Gasteiger partial charge in [-0.3, -0.25) is 0 Å². The molecule has 0 saturated heterocycles. The summed E-state index contributed by atoms with van der Waals surface area (Å²) >= 11 is 0. The highest BCUT2D eigenvalue weighted by atomic mass is 16.4. The van der Waals surface area contributed by atoms with Crippen molar-refractivity contribution in [1.82, 2.24) is 0 Å². The van der Waals surface area contributed by atoms with Crippen molar-refractivity contribution >= 4 is 55.0 Å². The molecule has 8 rings (SSSR count). The number of fused-ring (bicyclic) bond motifs is 5. The van der Waals surface area contributed by atoms with Gasteiger partial charge in [-0.2, -0.15) is 0 Å². The molecule has 296 valence electrons. The van der Waals surface area contributed by atoms with E-state index in [-0.39, 0.29) is 27.8 Å². The number of hydrogen-bond acceptors (Lipinski definition) is 13. The molecule has 14 nitrogen and oxygen atoms in total. The van der Waals surface area contributed by atoms with Crippen molar-refractivity contribution in [2.45, 2.75) is 13.8 Å². The van der Waals surface area contributed by atoms with Crippen LogP contribution < -0.4 is 0 Å². The molecule has 1 aromatic heterocycles. The number of phenols is 8. The van der Waals surface area contributed by atoms with Gasteiger partial charge in [-0.1, -0.05) is 66.7 Å². The van der Waals surface area contributed by atoms with Gasteiger partial charge in [0, 0.05) is 38.6 Å². The van der Waals surface area contributed by atoms with Gasteiger partial charge in [0.25, 0.3) is 0 Å². The molecule has 59 heavy (non-hydrogen) atoms. The number of furan rings is 1. The van der Waals surface area contributed by atoms with Gasteiger partial charge in [0.2, 0.25) is 23.0 Å². The molecule has 0 aliphatic rings. The minimum atomic E-state index is -1.97. The molecule has 7 aromatic carbocycles. The van der Waals surface area contributed by atoms with Crippen LogP contribution in [0.1, 0.15) is 18.1 Å². The molecule has 0 aliphatic carbocycles. The molecule has 12 N–H and O–H groups in total. The van der Waals surface area contributed by atoms with Gasteiger partial charge in [-0.05, 0) is 64.7 Å². The maximum Gasteiger partial charge on any atom is 0.374 e. The first-order chi connectivity index (χ1) is 28.1. The number of para-hydroxylation sites is 1. The van der Waals surface area contributed by atoms with Crippen LogP contribution in [0.15, 0.2) is 107 Å². The van der Waals surface area contributed by atoms with Gasteiger partial charge in [-0.15, -0.1) is 0 Å². The van der Waals surface area contributed by atoms with Gasteiger partial charge in [0.05, 0.1) is 11.1 Å². The first-order valence-corrected chi connectivity index (χ1v) is 17.7. The summed E-state index contributed by atoms with van der Waals surface area (Å²) in [6.07, 6.45) is 0. The Morgan fingerprint density at radius 1 is 0.492 bits per heavy atom. The fourth-order valence-corrected chi connectivity index (χ4v) is 7.85. The second-order valence-corrected chi connectivity index (χ2v) is 13.8. The van der Waals surface area contributed by atoms with Crippen LogP contribution in [0.25, 0.3) is 82.4 Å². The fourth-order valence-electron chi connectivity index (χ4n) is 7.85. The van der Waals surface area contributed by atoms with E-state index in [0.29, 0.717) is 49.0 Å². The lowest BCUT2D eigenvalue weighted by molar-refractivity contribution is -0.135. The van der Waals surface area contributed by atoms with Crippen LogP contribution in [-0.4, -0.2) is 67.2 Å². The molecular weight excluding hydrogens is 764 g/mol. The van der Waals surface area contributed by atoms with Gasteiger partial charge < -0.3 is 65.7 Å². The van der Waals surface area contributed by atoms with Crippen LogP contribution in [0.2, 0.25) is 0 Å². The molecule has 1 heterocycles. The maximum atomic E-state index is 11.8. The number of carbonyl (C=O) groups is 1. The summed E-state index contributed by atoms with van der Waals surface area (Å²) in [4.78, 5) is 11.8. The lowest BCUT2D eigenvalue weighted by atomic mass is 9.81. The molecule has 0 aliphatic heterocycles.